The highest BCUT2D eigenvalue weighted by Gasteiger charge is 2.12. The van der Waals surface area contributed by atoms with Gasteiger partial charge in [0.05, 0.1) is 19.4 Å². The van der Waals surface area contributed by atoms with Gasteiger partial charge in [-0.3, -0.25) is 0 Å². The summed E-state index contributed by atoms with van der Waals surface area (Å²) in [6.07, 6.45) is 4.79. The molecule has 0 unspecified atom stereocenters. The topological polar surface area (TPSA) is 51.1 Å². The molecule has 1 rings (SSSR count). The molecule has 0 aromatic heterocycles. The number of rotatable bonds is 8. The van der Waals surface area contributed by atoms with E-state index in [0.29, 0.717) is 25.4 Å². The highest BCUT2D eigenvalue weighted by atomic mass is 16.5. The fraction of sp³-hybridized carbons (Fsp3) is 0.400. The third-order valence-electron chi connectivity index (χ3n) is 2.48. The quantitative estimate of drug-likeness (QED) is 0.338. The first-order valence-corrected chi connectivity index (χ1v) is 6.47. The van der Waals surface area contributed by atoms with Gasteiger partial charge in [0.15, 0.2) is 11.5 Å². The first-order chi connectivity index (χ1) is 9.26. The fourth-order valence-corrected chi connectivity index (χ4v) is 1.76. The van der Waals surface area contributed by atoms with Crippen molar-refractivity contribution in [2.45, 2.75) is 26.7 Å². The van der Waals surface area contributed by atoms with Crippen LogP contribution in [-0.4, -0.2) is 24.6 Å². The van der Waals surface area contributed by atoms with Gasteiger partial charge in [-0.1, -0.05) is 18.2 Å². The second-order valence-electron chi connectivity index (χ2n) is 4.03. The van der Waals surface area contributed by atoms with Gasteiger partial charge in [-0.25, -0.2) is 0 Å². The molecule has 0 spiro atoms. The first kappa shape index (κ1) is 15.1. The Kier molecular flexibility index (Phi) is 6.50. The number of allylic oxidation sites excluding steroid dienone is 1. The Bertz CT molecular complexity index is 441. The maximum absolute atomic E-state index is 8.65. The molecule has 1 aromatic carbocycles. The molecule has 0 aliphatic rings. The Morgan fingerprint density at radius 1 is 1.32 bits per heavy atom. The summed E-state index contributed by atoms with van der Waals surface area (Å²) in [7, 11) is 0. The van der Waals surface area contributed by atoms with Gasteiger partial charge in [0, 0.05) is 11.1 Å². The molecule has 0 amide bonds. The van der Waals surface area contributed by atoms with Crippen LogP contribution in [0.4, 0.5) is 0 Å². The molecule has 19 heavy (non-hydrogen) atoms. The highest BCUT2D eigenvalue weighted by molar-refractivity contribution is 5.81. The molecule has 4 heteroatoms. The lowest BCUT2D eigenvalue weighted by Crippen LogP contribution is -2.04. The maximum Gasteiger partial charge on any atom is 0.164 e. The Hall–Kier alpha value is -1.97. The van der Waals surface area contributed by atoms with Crippen molar-refractivity contribution < 1.29 is 14.7 Å². The van der Waals surface area contributed by atoms with E-state index in [9.17, 15) is 0 Å². The summed E-state index contributed by atoms with van der Waals surface area (Å²) in [5, 5.41) is 11.7. The zero-order chi connectivity index (χ0) is 14.1. The summed E-state index contributed by atoms with van der Waals surface area (Å²) in [5.74, 6) is 1.42. The molecule has 104 valence electrons. The highest BCUT2D eigenvalue weighted by Crippen LogP contribution is 2.33. The second-order valence-corrected chi connectivity index (χ2v) is 4.03. The first-order valence-electron chi connectivity index (χ1n) is 6.47. The van der Waals surface area contributed by atoms with E-state index >= 15 is 0 Å². The molecule has 0 heterocycles. The van der Waals surface area contributed by atoms with Gasteiger partial charge in [-0.05, 0) is 31.9 Å². The van der Waals surface area contributed by atoms with Crippen molar-refractivity contribution in [1.29, 1.82) is 0 Å². The lowest BCUT2D eigenvalue weighted by molar-refractivity contribution is 0.275. The van der Waals surface area contributed by atoms with E-state index in [2.05, 4.69) is 18.7 Å². The summed E-state index contributed by atoms with van der Waals surface area (Å²) in [6, 6.07) is 3.72. The molecular formula is C15H21NO3. The van der Waals surface area contributed by atoms with E-state index < -0.39 is 0 Å². The van der Waals surface area contributed by atoms with Gasteiger partial charge in [-0.2, -0.15) is 0 Å². The monoisotopic (exact) mass is 263 g/mol. The van der Waals surface area contributed by atoms with Crippen LogP contribution >= 0.6 is 0 Å². The van der Waals surface area contributed by atoms with E-state index in [1.807, 2.05) is 19.1 Å². The van der Waals surface area contributed by atoms with Crippen LogP contribution in [0.25, 0.3) is 0 Å². The van der Waals surface area contributed by atoms with Crippen molar-refractivity contribution in [3.05, 3.63) is 35.9 Å². The molecule has 0 bridgehead atoms. The van der Waals surface area contributed by atoms with Crippen LogP contribution in [0.3, 0.4) is 0 Å². The minimum Gasteiger partial charge on any atom is -0.490 e. The summed E-state index contributed by atoms with van der Waals surface area (Å²) in [6.45, 7) is 8.91. The lowest BCUT2D eigenvalue weighted by atomic mass is 10.1. The minimum atomic E-state index is 0.551. The molecule has 0 aliphatic carbocycles. The van der Waals surface area contributed by atoms with Gasteiger partial charge < -0.3 is 14.7 Å². The van der Waals surface area contributed by atoms with E-state index in [-0.39, 0.29) is 0 Å². The van der Waals surface area contributed by atoms with Crippen molar-refractivity contribution in [2.24, 2.45) is 5.16 Å². The molecule has 0 radical (unpaired) electrons. The fourth-order valence-electron chi connectivity index (χ4n) is 1.76. The van der Waals surface area contributed by atoms with Crippen molar-refractivity contribution in [3.63, 3.8) is 0 Å². The zero-order valence-corrected chi connectivity index (χ0v) is 11.6. The standard InChI is InChI=1S/C15H21NO3/c1-4-7-13-9-12(11-16-17)10-14(18-6-3)15(13)19-8-5-2/h4,9-11,17H,1,5-8H2,2-3H3/b16-11-. The SMILES string of the molecule is C=CCc1cc(/C=N\O)cc(OCC)c1OCCC. The summed E-state index contributed by atoms with van der Waals surface area (Å²) in [4.78, 5) is 0. The van der Waals surface area contributed by atoms with Crippen LogP contribution in [0.1, 0.15) is 31.4 Å². The van der Waals surface area contributed by atoms with Gasteiger partial charge in [-0.15, -0.1) is 6.58 Å². The van der Waals surface area contributed by atoms with Crippen LogP contribution in [0, 0.1) is 0 Å². The average molecular weight is 263 g/mol. The van der Waals surface area contributed by atoms with Crippen molar-refractivity contribution in [1.82, 2.24) is 0 Å². The van der Waals surface area contributed by atoms with E-state index in [1.54, 1.807) is 6.07 Å². The largest absolute Gasteiger partial charge is 0.490 e. The lowest BCUT2D eigenvalue weighted by Gasteiger charge is -2.16. The number of benzene rings is 1. The summed E-state index contributed by atoms with van der Waals surface area (Å²) in [5.41, 5.74) is 1.75. The molecule has 1 N–H and O–H groups in total. The van der Waals surface area contributed by atoms with Crippen molar-refractivity contribution >= 4 is 6.21 Å². The van der Waals surface area contributed by atoms with Crippen LogP contribution in [0.15, 0.2) is 29.9 Å². The number of hydrogen-bond donors (Lipinski definition) is 1. The Labute approximate surface area is 114 Å². The van der Waals surface area contributed by atoms with E-state index in [0.717, 1.165) is 23.3 Å². The molecule has 0 fully saturated rings. The van der Waals surface area contributed by atoms with E-state index in [4.69, 9.17) is 14.7 Å². The molecule has 1 aromatic rings. The number of oxime groups is 1. The zero-order valence-electron chi connectivity index (χ0n) is 11.6. The van der Waals surface area contributed by atoms with Crippen LogP contribution in [-0.2, 0) is 6.42 Å². The van der Waals surface area contributed by atoms with Crippen LogP contribution < -0.4 is 9.47 Å². The molecule has 4 nitrogen and oxygen atoms in total. The normalized spacial score (nSPS) is 10.6. The van der Waals surface area contributed by atoms with Crippen LogP contribution in [0.5, 0.6) is 11.5 Å². The minimum absolute atomic E-state index is 0.551. The summed E-state index contributed by atoms with van der Waals surface area (Å²) >= 11 is 0. The van der Waals surface area contributed by atoms with Crippen LogP contribution in [0.2, 0.25) is 0 Å². The van der Waals surface area contributed by atoms with Crippen molar-refractivity contribution in [2.75, 3.05) is 13.2 Å². The Morgan fingerprint density at radius 2 is 2.11 bits per heavy atom. The van der Waals surface area contributed by atoms with Crippen molar-refractivity contribution in [3.8, 4) is 11.5 Å². The molecular weight excluding hydrogens is 242 g/mol. The molecule has 0 saturated carbocycles. The third-order valence-corrected chi connectivity index (χ3v) is 2.48. The average Bonchev–Trinajstić information content (AvgIpc) is 2.39. The predicted octanol–water partition coefficient (Wildman–Crippen LogP) is 3.41. The Morgan fingerprint density at radius 3 is 2.68 bits per heavy atom. The molecule has 0 saturated heterocycles. The number of nitrogens with zero attached hydrogens (tertiary/aromatic N) is 1. The Balaban J connectivity index is 3.23. The molecule has 0 atom stereocenters. The van der Waals surface area contributed by atoms with Gasteiger partial charge in [0.2, 0.25) is 0 Å². The number of ether oxygens (including phenoxy) is 2. The predicted molar refractivity (Wildman–Crippen MR) is 76.7 cm³/mol. The summed E-state index contributed by atoms with van der Waals surface area (Å²) < 4.78 is 11.4. The smallest absolute Gasteiger partial charge is 0.164 e. The van der Waals surface area contributed by atoms with Gasteiger partial charge in [0.25, 0.3) is 0 Å². The van der Waals surface area contributed by atoms with E-state index in [1.165, 1.54) is 6.21 Å². The number of hydrogen-bond acceptors (Lipinski definition) is 4. The molecule has 0 aliphatic heterocycles. The van der Waals surface area contributed by atoms with Gasteiger partial charge in [0.1, 0.15) is 0 Å². The maximum atomic E-state index is 8.65. The third kappa shape index (κ3) is 4.32. The second kappa shape index (κ2) is 8.19. The van der Waals surface area contributed by atoms with Gasteiger partial charge >= 0.3 is 0 Å².